The summed E-state index contributed by atoms with van der Waals surface area (Å²) in [5.41, 5.74) is 7.94. The Kier molecular flexibility index (Phi) is 3.45. The molecule has 0 atom stereocenters. The first-order chi connectivity index (χ1) is 8.56. The van der Waals surface area contributed by atoms with Crippen LogP contribution in [0.5, 0.6) is 5.75 Å². The molecule has 1 aromatic carbocycles. The summed E-state index contributed by atoms with van der Waals surface area (Å²) in [6.45, 7) is 4.73. The van der Waals surface area contributed by atoms with E-state index >= 15 is 0 Å². The smallest absolute Gasteiger partial charge is 0.139 e. The predicted octanol–water partition coefficient (Wildman–Crippen LogP) is 2.60. The van der Waals surface area contributed by atoms with Crippen molar-refractivity contribution in [3.05, 3.63) is 29.3 Å². The molecule has 4 nitrogen and oxygen atoms in total. The topological polar surface area (TPSA) is 67.8 Å². The zero-order valence-corrected chi connectivity index (χ0v) is 10.9. The Morgan fingerprint density at radius 3 is 2.50 bits per heavy atom. The van der Waals surface area contributed by atoms with Crippen LogP contribution < -0.4 is 10.5 Å². The summed E-state index contributed by atoms with van der Waals surface area (Å²) in [5, 5.41) is 11.7. The third kappa shape index (κ3) is 2.75. The van der Waals surface area contributed by atoms with Crippen LogP contribution in [0.1, 0.15) is 30.4 Å². The van der Waals surface area contributed by atoms with Crippen LogP contribution in [-0.2, 0) is 0 Å². The van der Waals surface area contributed by atoms with E-state index in [1.807, 2.05) is 32.0 Å². The molecule has 0 unspecified atom stereocenters. The van der Waals surface area contributed by atoms with Gasteiger partial charge in [0.2, 0.25) is 0 Å². The number of benzene rings is 1. The van der Waals surface area contributed by atoms with E-state index < -0.39 is 0 Å². The Hall–Kier alpha value is -1.71. The lowest BCUT2D eigenvalue weighted by Gasteiger charge is -2.18. The van der Waals surface area contributed by atoms with Gasteiger partial charge in [0.25, 0.3) is 0 Å². The van der Waals surface area contributed by atoms with Gasteiger partial charge in [0.05, 0.1) is 6.61 Å². The fourth-order valence-electron chi connectivity index (χ4n) is 2.22. The molecule has 0 amide bonds. The minimum absolute atomic E-state index is 0.0744. The minimum atomic E-state index is 0.0744. The van der Waals surface area contributed by atoms with Gasteiger partial charge in [0.1, 0.15) is 11.6 Å². The van der Waals surface area contributed by atoms with Gasteiger partial charge in [0.15, 0.2) is 0 Å². The van der Waals surface area contributed by atoms with Crippen LogP contribution in [-0.4, -0.2) is 17.6 Å². The number of aryl methyl sites for hydroxylation is 2. The van der Waals surface area contributed by atoms with E-state index in [-0.39, 0.29) is 11.3 Å². The molecule has 1 aliphatic carbocycles. The van der Waals surface area contributed by atoms with Crippen LogP contribution in [0.4, 0.5) is 0 Å². The van der Waals surface area contributed by atoms with Crippen molar-refractivity contribution in [1.29, 1.82) is 0 Å². The zero-order valence-electron chi connectivity index (χ0n) is 10.9. The van der Waals surface area contributed by atoms with Crippen molar-refractivity contribution >= 4 is 5.84 Å². The van der Waals surface area contributed by atoms with Gasteiger partial charge in [-0.1, -0.05) is 23.4 Å². The molecule has 0 heterocycles. The highest BCUT2D eigenvalue weighted by Crippen LogP contribution is 2.49. The SMILES string of the molecule is Cc1cccc(C)c1OCC1(CC(N)=NO)CC1. The predicted molar refractivity (Wildman–Crippen MR) is 71.1 cm³/mol. The van der Waals surface area contributed by atoms with E-state index in [0.29, 0.717) is 13.0 Å². The lowest BCUT2D eigenvalue weighted by molar-refractivity contribution is 0.233. The summed E-state index contributed by atoms with van der Waals surface area (Å²) in [6.07, 6.45) is 2.76. The Balaban J connectivity index is 2.00. The molecule has 1 fully saturated rings. The van der Waals surface area contributed by atoms with Crippen molar-refractivity contribution in [2.45, 2.75) is 33.1 Å². The quantitative estimate of drug-likeness (QED) is 0.364. The van der Waals surface area contributed by atoms with Crippen molar-refractivity contribution in [2.24, 2.45) is 16.3 Å². The number of amidine groups is 1. The van der Waals surface area contributed by atoms with E-state index in [1.165, 1.54) is 0 Å². The van der Waals surface area contributed by atoms with Gasteiger partial charge in [-0.05, 0) is 37.8 Å². The molecule has 0 aliphatic heterocycles. The van der Waals surface area contributed by atoms with Gasteiger partial charge >= 0.3 is 0 Å². The Morgan fingerprint density at radius 1 is 1.39 bits per heavy atom. The maximum absolute atomic E-state index is 8.62. The highest BCUT2D eigenvalue weighted by Gasteiger charge is 2.44. The number of hydrogen-bond donors (Lipinski definition) is 2. The summed E-state index contributed by atoms with van der Waals surface area (Å²) in [5.74, 6) is 1.25. The molecule has 0 radical (unpaired) electrons. The van der Waals surface area contributed by atoms with Crippen LogP contribution >= 0.6 is 0 Å². The zero-order chi connectivity index (χ0) is 13.2. The van der Waals surface area contributed by atoms with E-state index in [0.717, 1.165) is 29.7 Å². The molecule has 18 heavy (non-hydrogen) atoms. The summed E-state index contributed by atoms with van der Waals surface area (Å²) < 4.78 is 5.95. The minimum Gasteiger partial charge on any atom is -0.492 e. The molecule has 1 aromatic rings. The van der Waals surface area contributed by atoms with Crippen molar-refractivity contribution < 1.29 is 9.94 Å². The van der Waals surface area contributed by atoms with Gasteiger partial charge in [-0.15, -0.1) is 0 Å². The normalized spacial score (nSPS) is 17.6. The number of ether oxygens (including phenoxy) is 1. The van der Waals surface area contributed by atoms with Crippen LogP contribution in [0.3, 0.4) is 0 Å². The highest BCUT2D eigenvalue weighted by atomic mass is 16.5. The summed E-state index contributed by atoms with van der Waals surface area (Å²) >= 11 is 0. The maximum atomic E-state index is 8.62. The third-order valence-corrected chi connectivity index (χ3v) is 3.57. The fraction of sp³-hybridized carbons (Fsp3) is 0.500. The molecule has 4 heteroatoms. The largest absolute Gasteiger partial charge is 0.492 e. The molecule has 0 saturated heterocycles. The molecule has 98 valence electrons. The summed E-state index contributed by atoms with van der Waals surface area (Å²) in [4.78, 5) is 0. The van der Waals surface area contributed by atoms with E-state index in [1.54, 1.807) is 0 Å². The lowest BCUT2D eigenvalue weighted by atomic mass is 10.0. The fourth-order valence-corrected chi connectivity index (χ4v) is 2.22. The van der Waals surface area contributed by atoms with E-state index in [2.05, 4.69) is 5.16 Å². The first-order valence-electron chi connectivity index (χ1n) is 6.22. The molecule has 0 aromatic heterocycles. The van der Waals surface area contributed by atoms with Crippen LogP contribution in [0.2, 0.25) is 0 Å². The van der Waals surface area contributed by atoms with Crippen molar-refractivity contribution in [3.63, 3.8) is 0 Å². The first kappa shape index (κ1) is 12.7. The number of nitrogens with zero attached hydrogens (tertiary/aromatic N) is 1. The second-order valence-electron chi connectivity index (χ2n) is 5.28. The van der Waals surface area contributed by atoms with Crippen LogP contribution in [0, 0.1) is 19.3 Å². The lowest BCUT2D eigenvalue weighted by Crippen LogP contribution is -2.23. The molecule has 1 saturated carbocycles. The number of nitrogens with two attached hydrogens (primary N) is 1. The van der Waals surface area contributed by atoms with Crippen molar-refractivity contribution in [1.82, 2.24) is 0 Å². The standard InChI is InChI=1S/C14H20N2O2/c1-10-4-3-5-11(2)13(10)18-9-14(6-7-14)8-12(15)16-17/h3-5,17H,6-9H2,1-2H3,(H2,15,16). The van der Waals surface area contributed by atoms with Gasteiger partial charge in [0, 0.05) is 11.8 Å². The first-order valence-corrected chi connectivity index (χ1v) is 6.22. The number of hydrogen-bond acceptors (Lipinski definition) is 3. The Bertz CT molecular complexity index is 445. The molecule has 0 spiro atoms. The molecule has 1 aliphatic rings. The average molecular weight is 248 g/mol. The van der Waals surface area contributed by atoms with Gasteiger partial charge in [-0.3, -0.25) is 0 Å². The molecular formula is C14H20N2O2. The summed E-state index contributed by atoms with van der Waals surface area (Å²) in [6, 6.07) is 6.12. The van der Waals surface area contributed by atoms with E-state index in [4.69, 9.17) is 15.7 Å². The highest BCUT2D eigenvalue weighted by molar-refractivity contribution is 5.80. The van der Waals surface area contributed by atoms with Gasteiger partial charge in [-0.25, -0.2) is 0 Å². The second kappa shape index (κ2) is 4.88. The van der Waals surface area contributed by atoms with Gasteiger partial charge in [-0.2, -0.15) is 0 Å². The average Bonchev–Trinajstić information content (AvgIpc) is 3.08. The summed E-state index contributed by atoms with van der Waals surface area (Å²) in [7, 11) is 0. The number of rotatable bonds is 5. The number of para-hydroxylation sites is 1. The Morgan fingerprint density at radius 2 is 2.00 bits per heavy atom. The Labute approximate surface area is 107 Å². The number of oxime groups is 1. The van der Waals surface area contributed by atoms with E-state index in [9.17, 15) is 0 Å². The molecule has 3 N–H and O–H groups in total. The van der Waals surface area contributed by atoms with Crippen molar-refractivity contribution in [3.8, 4) is 5.75 Å². The maximum Gasteiger partial charge on any atom is 0.139 e. The van der Waals surface area contributed by atoms with Crippen molar-refractivity contribution in [2.75, 3.05) is 6.61 Å². The monoisotopic (exact) mass is 248 g/mol. The second-order valence-corrected chi connectivity index (χ2v) is 5.28. The van der Waals surface area contributed by atoms with Gasteiger partial charge < -0.3 is 15.7 Å². The molecular weight excluding hydrogens is 228 g/mol. The van der Waals surface area contributed by atoms with Crippen LogP contribution in [0.25, 0.3) is 0 Å². The molecule has 2 rings (SSSR count). The molecule has 0 bridgehead atoms. The third-order valence-electron chi connectivity index (χ3n) is 3.57. The van der Waals surface area contributed by atoms with Crippen LogP contribution in [0.15, 0.2) is 23.4 Å².